The zero-order valence-electron chi connectivity index (χ0n) is 18.5. The number of hydrogen-bond donors (Lipinski definition) is 1. The molecule has 9 heteroatoms. The molecule has 0 spiro atoms. The summed E-state index contributed by atoms with van der Waals surface area (Å²) in [6.45, 7) is 1.78. The fourth-order valence-corrected chi connectivity index (χ4v) is 3.64. The quantitative estimate of drug-likeness (QED) is 0.242. The molecule has 4 rings (SSSR count). The second-order valence-corrected chi connectivity index (χ2v) is 10.0. The summed E-state index contributed by atoms with van der Waals surface area (Å²) in [4.78, 5) is 25.4. The smallest absolute Gasteiger partial charge is 0.280 e. The molecule has 3 aromatic rings. The highest BCUT2D eigenvalue weighted by Crippen LogP contribution is 2.32. The Labute approximate surface area is 217 Å². The van der Waals surface area contributed by atoms with Crippen LogP contribution in [0.2, 0.25) is 0 Å². The minimum atomic E-state index is -1.92. The predicted octanol–water partition coefficient (Wildman–Crippen LogP) is 6.00. The van der Waals surface area contributed by atoms with Crippen LogP contribution in [0.1, 0.15) is 22.8 Å². The Bertz CT molecular complexity index is 1270. The summed E-state index contributed by atoms with van der Waals surface area (Å²) < 4.78 is 3.85. The summed E-state index contributed by atoms with van der Waals surface area (Å²) in [7, 11) is 0. The van der Waals surface area contributed by atoms with Gasteiger partial charge in [-0.1, -0.05) is 83.3 Å². The summed E-state index contributed by atoms with van der Waals surface area (Å²) in [6, 6.07) is 24.6. The standard InChI is InChI=1S/C26H20Cl3N3O3/c1-17-22(24(34)32(31-17)20-10-6-3-7-11-20)16-18-12-14-21(15-13-18)35-25(26(27,28)29)30-23(33)19-8-4-2-5-9-19/h2-16,25H,1H3,(H,30,33). The summed E-state index contributed by atoms with van der Waals surface area (Å²) >= 11 is 18.1. The molecule has 0 bridgehead atoms. The molecule has 35 heavy (non-hydrogen) atoms. The third-order valence-corrected chi connectivity index (χ3v) is 5.70. The Morgan fingerprint density at radius 3 is 2.17 bits per heavy atom. The normalized spacial score (nSPS) is 15.7. The van der Waals surface area contributed by atoms with Crippen LogP contribution in [0, 0.1) is 0 Å². The first kappa shape index (κ1) is 24.8. The lowest BCUT2D eigenvalue weighted by Gasteiger charge is -2.26. The maximum atomic E-state index is 12.9. The van der Waals surface area contributed by atoms with E-state index in [-0.39, 0.29) is 5.91 Å². The van der Waals surface area contributed by atoms with Crippen LogP contribution in [0.5, 0.6) is 5.75 Å². The van der Waals surface area contributed by atoms with E-state index in [9.17, 15) is 9.59 Å². The molecule has 1 N–H and O–H groups in total. The number of hydrazone groups is 1. The summed E-state index contributed by atoms with van der Waals surface area (Å²) in [5.74, 6) is -0.291. The molecular formula is C26H20Cl3N3O3. The molecule has 6 nitrogen and oxygen atoms in total. The van der Waals surface area contributed by atoms with Crippen LogP contribution in [0.25, 0.3) is 6.08 Å². The summed E-state index contributed by atoms with van der Waals surface area (Å²) in [5, 5.41) is 8.34. The van der Waals surface area contributed by atoms with E-state index in [2.05, 4.69) is 10.4 Å². The summed E-state index contributed by atoms with van der Waals surface area (Å²) in [5.41, 5.74) is 2.94. The van der Waals surface area contributed by atoms with E-state index in [0.29, 0.717) is 28.3 Å². The van der Waals surface area contributed by atoms with Gasteiger partial charge in [0.2, 0.25) is 10.0 Å². The van der Waals surface area contributed by atoms with Crippen LogP contribution in [0.15, 0.2) is 95.6 Å². The number of halogens is 3. The number of amides is 2. The molecule has 1 aliphatic rings. The topological polar surface area (TPSA) is 71.0 Å². The number of alkyl halides is 3. The van der Waals surface area contributed by atoms with Gasteiger partial charge in [-0.2, -0.15) is 10.1 Å². The molecular weight excluding hydrogens is 509 g/mol. The maximum absolute atomic E-state index is 12.9. The maximum Gasteiger partial charge on any atom is 0.280 e. The molecule has 1 unspecified atom stereocenters. The van der Waals surface area contributed by atoms with Gasteiger partial charge >= 0.3 is 0 Å². The van der Waals surface area contributed by atoms with Gasteiger partial charge in [0.15, 0.2) is 0 Å². The highest BCUT2D eigenvalue weighted by Gasteiger charge is 2.36. The van der Waals surface area contributed by atoms with E-state index in [1.165, 1.54) is 5.01 Å². The number of benzene rings is 3. The van der Waals surface area contributed by atoms with Crippen LogP contribution >= 0.6 is 34.8 Å². The number of anilines is 1. The van der Waals surface area contributed by atoms with Crippen molar-refractivity contribution in [3.05, 3.63) is 102 Å². The van der Waals surface area contributed by atoms with E-state index in [1.54, 1.807) is 67.6 Å². The van der Waals surface area contributed by atoms with Gasteiger partial charge in [0.05, 0.1) is 17.0 Å². The fraction of sp³-hybridized carbons (Fsp3) is 0.115. The van der Waals surface area contributed by atoms with Crippen molar-refractivity contribution in [3.8, 4) is 5.75 Å². The van der Waals surface area contributed by atoms with Gasteiger partial charge in [-0.25, -0.2) is 0 Å². The molecule has 0 radical (unpaired) electrons. The molecule has 1 aliphatic heterocycles. The van der Waals surface area contributed by atoms with Crippen LogP contribution in [-0.4, -0.2) is 27.5 Å². The molecule has 3 aromatic carbocycles. The molecule has 0 saturated carbocycles. The average molecular weight is 529 g/mol. The van der Waals surface area contributed by atoms with E-state index >= 15 is 0 Å². The average Bonchev–Trinajstić information content (AvgIpc) is 3.13. The number of ether oxygens (including phenoxy) is 1. The molecule has 2 amide bonds. The van der Waals surface area contributed by atoms with E-state index in [1.807, 2.05) is 30.3 Å². The van der Waals surface area contributed by atoms with Gasteiger partial charge in [-0.15, -0.1) is 0 Å². The lowest BCUT2D eigenvalue weighted by atomic mass is 10.1. The number of nitrogens with zero attached hydrogens (tertiary/aromatic N) is 2. The van der Waals surface area contributed by atoms with Crippen LogP contribution in [-0.2, 0) is 4.79 Å². The van der Waals surface area contributed by atoms with E-state index in [4.69, 9.17) is 39.5 Å². The summed E-state index contributed by atoms with van der Waals surface area (Å²) in [6.07, 6.45) is 0.506. The van der Waals surface area contributed by atoms with Crippen molar-refractivity contribution < 1.29 is 14.3 Å². The Morgan fingerprint density at radius 1 is 0.971 bits per heavy atom. The van der Waals surface area contributed by atoms with Crippen molar-refractivity contribution >= 4 is 64.1 Å². The van der Waals surface area contributed by atoms with Crippen molar-refractivity contribution in [1.82, 2.24) is 5.32 Å². The van der Waals surface area contributed by atoms with Crippen LogP contribution in [0.3, 0.4) is 0 Å². The SMILES string of the molecule is CC1=NN(c2ccccc2)C(=O)C1=Cc1ccc(OC(NC(=O)c2ccccc2)C(Cl)(Cl)Cl)cc1. The Hall–Kier alpha value is -3.32. The minimum Gasteiger partial charge on any atom is -0.466 e. The molecule has 0 aliphatic carbocycles. The van der Waals surface area contributed by atoms with E-state index in [0.717, 1.165) is 5.56 Å². The first-order valence-corrected chi connectivity index (χ1v) is 11.7. The van der Waals surface area contributed by atoms with Crippen molar-refractivity contribution in [2.24, 2.45) is 5.10 Å². The monoisotopic (exact) mass is 527 g/mol. The number of carbonyl (C=O) groups excluding carboxylic acids is 2. The zero-order chi connectivity index (χ0) is 25.0. The van der Waals surface area contributed by atoms with Crippen molar-refractivity contribution in [2.45, 2.75) is 16.9 Å². The van der Waals surface area contributed by atoms with Gasteiger partial charge in [0, 0.05) is 5.56 Å². The Kier molecular flexibility index (Phi) is 7.45. The van der Waals surface area contributed by atoms with Crippen LogP contribution < -0.4 is 15.1 Å². The highest BCUT2D eigenvalue weighted by atomic mass is 35.6. The molecule has 178 valence electrons. The van der Waals surface area contributed by atoms with Gasteiger partial charge in [0.1, 0.15) is 5.75 Å². The fourth-order valence-electron chi connectivity index (χ4n) is 3.34. The number of rotatable bonds is 6. The predicted molar refractivity (Wildman–Crippen MR) is 140 cm³/mol. The van der Waals surface area contributed by atoms with E-state index < -0.39 is 15.9 Å². The van der Waals surface area contributed by atoms with Gasteiger partial charge in [-0.3, -0.25) is 9.59 Å². The van der Waals surface area contributed by atoms with Crippen molar-refractivity contribution in [3.63, 3.8) is 0 Å². The second-order valence-electron chi connectivity index (χ2n) is 7.64. The largest absolute Gasteiger partial charge is 0.466 e. The molecule has 1 heterocycles. The lowest BCUT2D eigenvalue weighted by molar-refractivity contribution is -0.114. The minimum absolute atomic E-state index is 0.214. The van der Waals surface area contributed by atoms with Gasteiger partial charge in [-0.05, 0) is 55.0 Å². The molecule has 0 fully saturated rings. The van der Waals surface area contributed by atoms with Gasteiger partial charge < -0.3 is 10.1 Å². The Morgan fingerprint density at radius 2 is 1.57 bits per heavy atom. The van der Waals surface area contributed by atoms with Gasteiger partial charge in [0.25, 0.3) is 11.8 Å². The first-order valence-electron chi connectivity index (χ1n) is 10.6. The van der Waals surface area contributed by atoms with Crippen molar-refractivity contribution in [2.75, 3.05) is 5.01 Å². The molecule has 0 saturated heterocycles. The molecule has 0 aromatic heterocycles. The first-order chi connectivity index (χ1) is 16.7. The second kappa shape index (κ2) is 10.5. The number of hydrogen-bond acceptors (Lipinski definition) is 4. The van der Waals surface area contributed by atoms with Crippen molar-refractivity contribution in [1.29, 1.82) is 0 Å². The zero-order valence-corrected chi connectivity index (χ0v) is 20.8. The highest BCUT2D eigenvalue weighted by molar-refractivity contribution is 6.68. The lowest BCUT2D eigenvalue weighted by Crippen LogP contribution is -2.47. The number of nitrogens with one attached hydrogen (secondary N) is 1. The third kappa shape index (κ3) is 6.03. The third-order valence-electron chi connectivity index (χ3n) is 5.10. The molecule has 1 atom stereocenters. The number of para-hydroxylation sites is 1. The number of carbonyl (C=O) groups is 2. The Balaban J connectivity index is 1.48. The van der Waals surface area contributed by atoms with Crippen LogP contribution in [0.4, 0.5) is 5.69 Å².